The second-order valence-electron chi connectivity index (χ2n) is 4.48. The van der Waals surface area contributed by atoms with Crippen LogP contribution in [-0.4, -0.2) is 56.1 Å². The lowest BCUT2D eigenvalue weighted by Crippen LogP contribution is -2.48. The molecule has 0 heterocycles. The summed E-state index contributed by atoms with van der Waals surface area (Å²) in [6.45, 7) is 7.63. The Bertz CT molecular complexity index is 271. The number of likely N-dealkylation sites (N-methyl/N-ethyl adjacent to an activating group) is 1. The zero-order valence-electron chi connectivity index (χ0n) is 12.0. The Labute approximate surface area is 109 Å². The molecule has 2 unspecified atom stereocenters. The van der Waals surface area contributed by atoms with E-state index in [-0.39, 0.29) is 11.9 Å². The molecule has 0 aliphatic rings. The number of nitrogens with one attached hydrogen (secondary N) is 3. The number of rotatable bonds is 7. The van der Waals surface area contributed by atoms with Crippen LogP contribution in [0.3, 0.4) is 0 Å². The number of amides is 3. The molecule has 0 saturated carbocycles. The van der Waals surface area contributed by atoms with E-state index in [0.717, 1.165) is 13.0 Å². The topological polar surface area (TPSA) is 73.5 Å². The third kappa shape index (κ3) is 6.56. The Morgan fingerprint density at radius 1 is 1.28 bits per heavy atom. The molecule has 0 saturated heterocycles. The molecule has 6 heteroatoms. The van der Waals surface area contributed by atoms with Crippen LogP contribution < -0.4 is 16.0 Å². The molecule has 3 amide bonds. The van der Waals surface area contributed by atoms with E-state index >= 15 is 0 Å². The summed E-state index contributed by atoms with van der Waals surface area (Å²) in [6, 6.07) is -0.334. The summed E-state index contributed by atoms with van der Waals surface area (Å²) in [5, 5.41) is 7.67. The third-order valence-electron chi connectivity index (χ3n) is 3.12. The van der Waals surface area contributed by atoms with Crippen LogP contribution in [-0.2, 0) is 4.79 Å². The predicted octanol–water partition coefficient (Wildman–Crippen LogP) is 0.150. The molecule has 0 aromatic rings. The van der Waals surface area contributed by atoms with Crippen molar-refractivity contribution in [2.45, 2.75) is 39.3 Å². The van der Waals surface area contributed by atoms with Crippen LogP contribution in [0.4, 0.5) is 4.79 Å². The number of imide groups is 1. The summed E-state index contributed by atoms with van der Waals surface area (Å²) in [7, 11) is 3.53. The molecule has 0 aromatic carbocycles. The molecule has 0 aliphatic carbocycles. The summed E-state index contributed by atoms with van der Waals surface area (Å²) in [5.74, 6) is -0.319. The number of carbonyl (C=O) groups excluding carboxylic acids is 2. The van der Waals surface area contributed by atoms with Crippen LogP contribution in [0.25, 0.3) is 0 Å². The van der Waals surface area contributed by atoms with Crippen molar-refractivity contribution in [2.75, 3.05) is 27.2 Å². The van der Waals surface area contributed by atoms with Gasteiger partial charge < -0.3 is 15.5 Å². The van der Waals surface area contributed by atoms with E-state index in [2.05, 4.69) is 41.7 Å². The second-order valence-corrected chi connectivity index (χ2v) is 4.48. The molecule has 18 heavy (non-hydrogen) atoms. The van der Waals surface area contributed by atoms with Gasteiger partial charge in [0.05, 0.1) is 6.04 Å². The summed E-state index contributed by atoms with van der Waals surface area (Å²) < 4.78 is 0. The Balaban J connectivity index is 3.86. The Kier molecular flexibility index (Phi) is 8.32. The SMILES string of the molecule is CCC(C)N(C)CCNC(C)C(=O)NC(=O)NC. The standard InChI is InChI=1S/C12H26N4O2/c1-6-9(2)16(5)8-7-14-10(3)11(17)15-12(18)13-4/h9-10,14H,6-8H2,1-5H3,(H2,13,15,17,18). The van der Waals surface area contributed by atoms with Crippen LogP contribution in [0.15, 0.2) is 0 Å². The second kappa shape index (κ2) is 8.88. The van der Waals surface area contributed by atoms with E-state index in [1.807, 2.05) is 0 Å². The van der Waals surface area contributed by atoms with Gasteiger partial charge in [-0.15, -0.1) is 0 Å². The highest BCUT2D eigenvalue weighted by atomic mass is 16.2. The van der Waals surface area contributed by atoms with Gasteiger partial charge in [0.1, 0.15) is 0 Å². The van der Waals surface area contributed by atoms with Crippen molar-refractivity contribution in [1.29, 1.82) is 0 Å². The van der Waals surface area contributed by atoms with Crippen LogP contribution in [0, 0.1) is 0 Å². The van der Waals surface area contributed by atoms with Crippen molar-refractivity contribution < 1.29 is 9.59 Å². The van der Waals surface area contributed by atoms with Crippen LogP contribution in [0.5, 0.6) is 0 Å². The molecule has 0 spiro atoms. The number of hydrogen-bond donors (Lipinski definition) is 3. The van der Waals surface area contributed by atoms with E-state index in [9.17, 15) is 9.59 Å². The lowest BCUT2D eigenvalue weighted by Gasteiger charge is -2.24. The number of carbonyl (C=O) groups is 2. The van der Waals surface area contributed by atoms with Crippen molar-refractivity contribution >= 4 is 11.9 Å². The Hall–Kier alpha value is -1.14. The molecular formula is C12H26N4O2. The van der Waals surface area contributed by atoms with Gasteiger partial charge in [-0.3, -0.25) is 10.1 Å². The van der Waals surface area contributed by atoms with Gasteiger partial charge in [-0.05, 0) is 27.3 Å². The van der Waals surface area contributed by atoms with Crippen molar-refractivity contribution in [1.82, 2.24) is 20.9 Å². The minimum absolute atomic E-state index is 0.319. The van der Waals surface area contributed by atoms with Gasteiger partial charge >= 0.3 is 6.03 Å². The van der Waals surface area contributed by atoms with Gasteiger partial charge in [0.15, 0.2) is 0 Å². The molecule has 0 bridgehead atoms. The quantitative estimate of drug-likeness (QED) is 0.608. The van der Waals surface area contributed by atoms with Crippen molar-refractivity contribution in [3.05, 3.63) is 0 Å². The first-order valence-electron chi connectivity index (χ1n) is 6.38. The highest BCUT2D eigenvalue weighted by Gasteiger charge is 2.14. The lowest BCUT2D eigenvalue weighted by molar-refractivity contribution is -0.121. The summed E-state index contributed by atoms with van der Waals surface area (Å²) in [5.41, 5.74) is 0. The van der Waals surface area contributed by atoms with Crippen LogP contribution in [0.2, 0.25) is 0 Å². The summed E-state index contributed by atoms with van der Waals surface area (Å²) in [6.07, 6.45) is 1.10. The van der Waals surface area contributed by atoms with Gasteiger partial charge in [-0.2, -0.15) is 0 Å². The summed E-state index contributed by atoms with van der Waals surface area (Å²) >= 11 is 0. The molecule has 0 rings (SSSR count). The first-order valence-corrected chi connectivity index (χ1v) is 6.38. The van der Waals surface area contributed by atoms with Crippen LogP contribution >= 0.6 is 0 Å². The largest absolute Gasteiger partial charge is 0.341 e. The highest BCUT2D eigenvalue weighted by molar-refractivity contribution is 5.96. The summed E-state index contributed by atoms with van der Waals surface area (Å²) in [4.78, 5) is 24.7. The maximum absolute atomic E-state index is 11.5. The predicted molar refractivity (Wildman–Crippen MR) is 72.4 cm³/mol. The van der Waals surface area contributed by atoms with Crippen LogP contribution in [0.1, 0.15) is 27.2 Å². The Morgan fingerprint density at radius 2 is 1.89 bits per heavy atom. The molecule has 3 N–H and O–H groups in total. The van der Waals surface area contributed by atoms with Gasteiger partial charge in [0.2, 0.25) is 5.91 Å². The molecule has 0 fully saturated rings. The van der Waals surface area contributed by atoms with Gasteiger partial charge in [-0.25, -0.2) is 4.79 Å². The van der Waals surface area contributed by atoms with Gasteiger partial charge in [0.25, 0.3) is 0 Å². The van der Waals surface area contributed by atoms with Gasteiger partial charge in [-0.1, -0.05) is 6.92 Å². The minimum atomic E-state index is -0.481. The molecule has 2 atom stereocenters. The number of nitrogens with zero attached hydrogens (tertiary/aromatic N) is 1. The number of hydrogen-bond acceptors (Lipinski definition) is 4. The maximum Gasteiger partial charge on any atom is 0.321 e. The molecular weight excluding hydrogens is 232 g/mol. The van der Waals surface area contributed by atoms with E-state index in [4.69, 9.17) is 0 Å². The van der Waals surface area contributed by atoms with E-state index < -0.39 is 6.03 Å². The van der Waals surface area contributed by atoms with Crippen molar-refractivity contribution in [2.24, 2.45) is 0 Å². The monoisotopic (exact) mass is 258 g/mol. The minimum Gasteiger partial charge on any atom is -0.341 e. The fraction of sp³-hybridized carbons (Fsp3) is 0.833. The zero-order chi connectivity index (χ0) is 14.1. The van der Waals surface area contributed by atoms with E-state index in [1.165, 1.54) is 7.05 Å². The lowest BCUT2D eigenvalue weighted by atomic mass is 10.2. The third-order valence-corrected chi connectivity index (χ3v) is 3.12. The van der Waals surface area contributed by atoms with Crippen molar-refractivity contribution in [3.8, 4) is 0 Å². The smallest absolute Gasteiger partial charge is 0.321 e. The van der Waals surface area contributed by atoms with E-state index in [0.29, 0.717) is 12.6 Å². The molecule has 0 radical (unpaired) electrons. The highest BCUT2D eigenvalue weighted by Crippen LogP contribution is 1.98. The average Bonchev–Trinajstić information content (AvgIpc) is 2.36. The van der Waals surface area contributed by atoms with Gasteiger partial charge in [0, 0.05) is 26.2 Å². The molecule has 106 valence electrons. The average molecular weight is 258 g/mol. The fourth-order valence-corrected chi connectivity index (χ4v) is 1.36. The first-order chi connectivity index (χ1) is 8.42. The van der Waals surface area contributed by atoms with E-state index in [1.54, 1.807) is 6.92 Å². The molecule has 0 aromatic heterocycles. The fourth-order valence-electron chi connectivity index (χ4n) is 1.36. The Morgan fingerprint density at radius 3 is 2.39 bits per heavy atom. The first kappa shape index (κ1) is 16.9. The maximum atomic E-state index is 11.5. The molecule has 6 nitrogen and oxygen atoms in total. The number of urea groups is 1. The zero-order valence-corrected chi connectivity index (χ0v) is 12.0. The normalized spacial score (nSPS) is 14.1. The molecule has 0 aliphatic heterocycles. The van der Waals surface area contributed by atoms with Crippen molar-refractivity contribution in [3.63, 3.8) is 0 Å².